The lowest BCUT2D eigenvalue weighted by molar-refractivity contribution is 0.128. The Labute approximate surface area is 90.0 Å². The zero-order chi connectivity index (χ0) is 9.80. The van der Waals surface area contributed by atoms with Crippen molar-refractivity contribution in [3.05, 3.63) is 0 Å². The maximum absolute atomic E-state index is 8.93. The van der Waals surface area contributed by atoms with Gasteiger partial charge in [-0.1, -0.05) is 6.42 Å². The monoisotopic (exact) mass is 211 g/mol. The van der Waals surface area contributed by atoms with E-state index in [-0.39, 0.29) is 0 Å². The molecule has 0 N–H and O–H groups in total. The van der Waals surface area contributed by atoms with Gasteiger partial charge in [0.05, 0.1) is 18.1 Å². The zero-order valence-electron chi connectivity index (χ0n) is 8.45. The van der Waals surface area contributed by atoms with E-state index >= 15 is 0 Å². The van der Waals surface area contributed by atoms with Gasteiger partial charge in [0.1, 0.15) is 0 Å². The van der Waals surface area contributed by atoms with Gasteiger partial charge >= 0.3 is 0 Å². The van der Waals surface area contributed by atoms with Crippen molar-refractivity contribution in [2.24, 2.45) is 5.92 Å². The summed E-state index contributed by atoms with van der Waals surface area (Å²) in [6, 6.07) is 2.43. The molecule has 2 aliphatic rings. The van der Waals surface area contributed by atoms with Crippen LogP contribution in [0.25, 0.3) is 0 Å². The lowest BCUT2D eigenvalue weighted by Gasteiger charge is -2.15. The molecule has 0 aromatic heterocycles. The van der Waals surface area contributed by atoms with Gasteiger partial charge in [0.15, 0.2) is 0 Å². The maximum atomic E-state index is 8.93. The molecule has 2 fully saturated rings. The molecule has 0 radical (unpaired) electrons. The van der Waals surface area contributed by atoms with Crippen LogP contribution < -0.4 is 0 Å². The standard InChI is InChI=1S/C11H17NOS/c12-7-9-3-1-5-11(9)14-8-10-4-2-6-13-10/h9-11H,1-6,8H2. The van der Waals surface area contributed by atoms with Crippen molar-refractivity contribution < 1.29 is 4.74 Å². The second kappa shape index (κ2) is 5.04. The number of hydrogen-bond donors (Lipinski definition) is 0. The van der Waals surface area contributed by atoms with Crippen molar-refractivity contribution in [3.8, 4) is 6.07 Å². The summed E-state index contributed by atoms with van der Waals surface area (Å²) in [5.41, 5.74) is 0. The molecule has 0 aromatic rings. The fourth-order valence-corrected chi connectivity index (χ4v) is 3.77. The van der Waals surface area contributed by atoms with Crippen molar-refractivity contribution in [1.29, 1.82) is 5.26 Å². The minimum Gasteiger partial charge on any atom is -0.377 e. The van der Waals surface area contributed by atoms with Crippen LogP contribution in [0, 0.1) is 17.2 Å². The average Bonchev–Trinajstić information content (AvgIpc) is 2.85. The first-order valence-corrected chi connectivity index (χ1v) is 6.58. The molecule has 2 rings (SSSR count). The number of hydrogen-bond acceptors (Lipinski definition) is 3. The van der Waals surface area contributed by atoms with Crippen LogP contribution >= 0.6 is 11.8 Å². The lowest BCUT2D eigenvalue weighted by Crippen LogP contribution is -2.14. The molecule has 1 saturated carbocycles. The van der Waals surface area contributed by atoms with Gasteiger partial charge < -0.3 is 4.74 Å². The Bertz CT molecular complexity index is 220. The van der Waals surface area contributed by atoms with Crippen molar-refractivity contribution in [3.63, 3.8) is 0 Å². The van der Waals surface area contributed by atoms with Gasteiger partial charge in [-0.15, -0.1) is 0 Å². The number of rotatable bonds is 3. The van der Waals surface area contributed by atoms with Crippen molar-refractivity contribution in [2.45, 2.75) is 43.5 Å². The molecule has 1 aliphatic heterocycles. The molecule has 78 valence electrons. The largest absolute Gasteiger partial charge is 0.377 e. The molecule has 3 unspecified atom stereocenters. The predicted molar refractivity (Wildman–Crippen MR) is 58.2 cm³/mol. The highest BCUT2D eigenvalue weighted by Crippen LogP contribution is 2.35. The first-order chi connectivity index (χ1) is 6.90. The summed E-state index contributed by atoms with van der Waals surface area (Å²) in [6.45, 7) is 0.942. The number of nitrogens with zero attached hydrogens (tertiary/aromatic N) is 1. The summed E-state index contributed by atoms with van der Waals surface area (Å²) in [7, 11) is 0. The van der Waals surface area contributed by atoms with Gasteiger partial charge in [0.2, 0.25) is 0 Å². The minimum atomic E-state index is 0.307. The third-order valence-electron chi connectivity index (χ3n) is 3.14. The van der Waals surface area contributed by atoms with E-state index in [1.807, 2.05) is 11.8 Å². The Morgan fingerprint density at radius 2 is 2.21 bits per heavy atom. The smallest absolute Gasteiger partial charge is 0.0667 e. The third-order valence-corrected chi connectivity index (χ3v) is 4.70. The first kappa shape index (κ1) is 10.3. The van der Waals surface area contributed by atoms with E-state index in [9.17, 15) is 0 Å². The first-order valence-electron chi connectivity index (χ1n) is 5.53. The number of nitriles is 1. The Morgan fingerprint density at radius 1 is 1.29 bits per heavy atom. The molecule has 3 heteroatoms. The Hall–Kier alpha value is -0.200. The molecule has 0 spiro atoms. The van der Waals surface area contributed by atoms with E-state index in [4.69, 9.17) is 10.00 Å². The fraction of sp³-hybridized carbons (Fsp3) is 0.909. The minimum absolute atomic E-state index is 0.307. The van der Waals surface area contributed by atoms with E-state index in [0.29, 0.717) is 17.3 Å². The maximum Gasteiger partial charge on any atom is 0.0667 e. The van der Waals surface area contributed by atoms with E-state index in [2.05, 4.69) is 6.07 Å². The van der Waals surface area contributed by atoms with E-state index in [0.717, 1.165) is 18.8 Å². The van der Waals surface area contributed by atoms with Crippen LogP contribution in [0.2, 0.25) is 0 Å². The molecule has 1 saturated heterocycles. The molecule has 1 heterocycles. The Morgan fingerprint density at radius 3 is 2.93 bits per heavy atom. The molecule has 0 amide bonds. The average molecular weight is 211 g/mol. The van der Waals surface area contributed by atoms with Crippen LogP contribution in [0.15, 0.2) is 0 Å². The SMILES string of the molecule is N#CC1CCCC1SCC1CCCO1. The molecule has 0 aromatic carbocycles. The zero-order valence-corrected chi connectivity index (χ0v) is 9.26. The van der Waals surface area contributed by atoms with Crippen LogP contribution in [0.4, 0.5) is 0 Å². The van der Waals surface area contributed by atoms with Crippen LogP contribution in [0.3, 0.4) is 0 Å². The van der Waals surface area contributed by atoms with Crippen LogP contribution in [-0.4, -0.2) is 23.7 Å². The van der Waals surface area contributed by atoms with Gasteiger partial charge in [0, 0.05) is 17.6 Å². The van der Waals surface area contributed by atoms with Crippen molar-refractivity contribution >= 4 is 11.8 Å². The number of ether oxygens (including phenoxy) is 1. The summed E-state index contributed by atoms with van der Waals surface area (Å²) < 4.78 is 5.58. The summed E-state index contributed by atoms with van der Waals surface area (Å²) in [6.07, 6.45) is 6.49. The summed E-state index contributed by atoms with van der Waals surface area (Å²) in [4.78, 5) is 0. The molecule has 0 bridgehead atoms. The Kier molecular flexibility index (Phi) is 3.72. The van der Waals surface area contributed by atoms with Crippen LogP contribution in [0.1, 0.15) is 32.1 Å². The van der Waals surface area contributed by atoms with E-state index in [1.54, 1.807) is 0 Å². The molecular weight excluding hydrogens is 194 g/mol. The highest BCUT2D eigenvalue weighted by Gasteiger charge is 2.28. The van der Waals surface area contributed by atoms with Gasteiger partial charge in [-0.05, 0) is 25.7 Å². The topological polar surface area (TPSA) is 33.0 Å². The third kappa shape index (κ3) is 2.43. The van der Waals surface area contributed by atoms with Gasteiger partial charge in [-0.3, -0.25) is 0 Å². The van der Waals surface area contributed by atoms with Gasteiger partial charge in [0.25, 0.3) is 0 Å². The predicted octanol–water partition coefficient (Wildman–Crippen LogP) is 2.59. The van der Waals surface area contributed by atoms with Crippen molar-refractivity contribution in [2.75, 3.05) is 12.4 Å². The highest BCUT2D eigenvalue weighted by atomic mass is 32.2. The normalized spacial score (nSPS) is 37.2. The van der Waals surface area contributed by atoms with Gasteiger partial charge in [-0.25, -0.2) is 0 Å². The van der Waals surface area contributed by atoms with Crippen LogP contribution in [-0.2, 0) is 4.74 Å². The quantitative estimate of drug-likeness (QED) is 0.719. The molecule has 1 aliphatic carbocycles. The second-order valence-corrected chi connectivity index (χ2v) is 5.45. The van der Waals surface area contributed by atoms with Crippen LogP contribution in [0.5, 0.6) is 0 Å². The molecule has 2 nitrogen and oxygen atoms in total. The second-order valence-electron chi connectivity index (χ2n) is 4.17. The lowest BCUT2D eigenvalue weighted by atomic mass is 10.1. The van der Waals surface area contributed by atoms with E-state index in [1.165, 1.54) is 25.7 Å². The molecule has 3 atom stereocenters. The summed E-state index contributed by atoms with van der Waals surface area (Å²) >= 11 is 1.97. The van der Waals surface area contributed by atoms with Gasteiger partial charge in [-0.2, -0.15) is 17.0 Å². The highest BCUT2D eigenvalue weighted by molar-refractivity contribution is 7.99. The number of thioether (sulfide) groups is 1. The Balaban J connectivity index is 1.71. The summed E-state index contributed by atoms with van der Waals surface area (Å²) in [5, 5.41) is 9.52. The molecule has 14 heavy (non-hydrogen) atoms. The van der Waals surface area contributed by atoms with Crippen molar-refractivity contribution in [1.82, 2.24) is 0 Å². The summed E-state index contributed by atoms with van der Waals surface area (Å²) in [5.74, 6) is 1.41. The fourth-order valence-electron chi connectivity index (χ4n) is 2.28. The molecular formula is C11H17NOS. The van der Waals surface area contributed by atoms with E-state index < -0.39 is 0 Å².